The van der Waals surface area contributed by atoms with E-state index in [1.165, 1.54) is 18.2 Å². The average Bonchev–Trinajstić information content (AvgIpc) is 2.81. The van der Waals surface area contributed by atoms with Crippen molar-refractivity contribution in [3.63, 3.8) is 0 Å². The van der Waals surface area contributed by atoms with Crippen LogP contribution in [0, 0.1) is 5.82 Å². The van der Waals surface area contributed by atoms with Gasteiger partial charge in [0, 0.05) is 36.6 Å². The molecule has 0 aliphatic carbocycles. The van der Waals surface area contributed by atoms with Gasteiger partial charge in [0.25, 0.3) is 5.91 Å². The number of urea groups is 1. The predicted octanol–water partition coefficient (Wildman–Crippen LogP) is 4.92. The van der Waals surface area contributed by atoms with Crippen LogP contribution >= 0.6 is 0 Å². The fraction of sp³-hybridized carbons (Fsp3) is 0.200. The van der Waals surface area contributed by atoms with Gasteiger partial charge >= 0.3 is 6.03 Å². The molecule has 0 saturated carbocycles. The van der Waals surface area contributed by atoms with E-state index in [0.29, 0.717) is 31.0 Å². The zero-order chi connectivity index (χ0) is 22.5. The Kier molecular flexibility index (Phi) is 6.35. The van der Waals surface area contributed by atoms with Crippen molar-refractivity contribution < 1.29 is 18.7 Å². The van der Waals surface area contributed by atoms with E-state index in [1.807, 2.05) is 35.2 Å². The van der Waals surface area contributed by atoms with Crippen LogP contribution in [0.5, 0.6) is 5.75 Å². The normalized spacial score (nSPS) is 13.8. The zero-order valence-corrected chi connectivity index (χ0v) is 17.8. The van der Waals surface area contributed by atoms with Gasteiger partial charge in [-0.15, -0.1) is 0 Å². The van der Waals surface area contributed by atoms with Gasteiger partial charge in [0.15, 0.2) is 0 Å². The van der Waals surface area contributed by atoms with Crippen LogP contribution in [0.3, 0.4) is 0 Å². The molecule has 0 atom stereocenters. The van der Waals surface area contributed by atoms with E-state index in [4.69, 9.17) is 4.74 Å². The Morgan fingerprint density at radius 2 is 1.81 bits per heavy atom. The first kappa shape index (κ1) is 21.4. The molecule has 164 valence electrons. The average molecular weight is 433 g/mol. The summed E-state index contributed by atoms with van der Waals surface area (Å²) < 4.78 is 18.6. The van der Waals surface area contributed by atoms with Crippen LogP contribution in [0.4, 0.5) is 20.6 Å². The van der Waals surface area contributed by atoms with Gasteiger partial charge in [-0.1, -0.05) is 24.3 Å². The molecule has 6 nitrogen and oxygen atoms in total. The molecule has 32 heavy (non-hydrogen) atoms. The van der Waals surface area contributed by atoms with Crippen molar-refractivity contribution >= 4 is 23.3 Å². The molecule has 1 saturated heterocycles. The highest BCUT2D eigenvalue weighted by Gasteiger charge is 2.27. The summed E-state index contributed by atoms with van der Waals surface area (Å²) in [6.45, 7) is 1.78. The number of hydrogen-bond acceptors (Lipinski definition) is 3. The Morgan fingerprint density at radius 3 is 2.56 bits per heavy atom. The van der Waals surface area contributed by atoms with Gasteiger partial charge in [0.1, 0.15) is 11.6 Å². The molecule has 1 aliphatic heterocycles. The summed E-state index contributed by atoms with van der Waals surface area (Å²) in [4.78, 5) is 29.1. The number of nitrogens with one attached hydrogen (secondary N) is 1. The van der Waals surface area contributed by atoms with Gasteiger partial charge in [-0.3, -0.25) is 9.69 Å². The van der Waals surface area contributed by atoms with Crippen LogP contribution in [0.2, 0.25) is 0 Å². The Hall–Kier alpha value is -3.87. The summed E-state index contributed by atoms with van der Waals surface area (Å²) in [6.07, 6.45) is 0.835. The smallest absolute Gasteiger partial charge is 0.324 e. The molecular weight excluding hydrogens is 409 g/mol. The third-order valence-corrected chi connectivity index (χ3v) is 5.35. The fourth-order valence-electron chi connectivity index (χ4n) is 3.70. The molecule has 0 unspecified atom stereocenters. The summed E-state index contributed by atoms with van der Waals surface area (Å²) in [5, 5.41) is 2.77. The van der Waals surface area contributed by atoms with Crippen LogP contribution in [0.25, 0.3) is 0 Å². The summed E-state index contributed by atoms with van der Waals surface area (Å²) in [6, 6.07) is 20.2. The van der Waals surface area contributed by atoms with Gasteiger partial charge in [-0.05, 0) is 60.5 Å². The first-order chi connectivity index (χ1) is 15.5. The largest absolute Gasteiger partial charge is 0.497 e. The molecular formula is C25H24FN3O3. The number of nitrogens with zero attached hydrogens (tertiary/aromatic N) is 2. The molecule has 0 aromatic heterocycles. The number of carbonyl (C=O) groups is 2. The first-order valence-corrected chi connectivity index (χ1v) is 10.4. The molecule has 1 N–H and O–H groups in total. The van der Waals surface area contributed by atoms with Gasteiger partial charge in [-0.2, -0.15) is 0 Å². The molecule has 1 aliphatic rings. The number of hydrogen-bond donors (Lipinski definition) is 1. The van der Waals surface area contributed by atoms with E-state index in [1.54, 1.807) is 36.3 Å². The Bertz CT molecular complexity index is 1120. The number of carbonyl (C=O) groups excluding carboxylic acids is 2. The molecule has 3 aromatic rings. The lowest BCUT2D eigenvalue weighted by Gasteiger charge is -2.36. The highest BCUT2D eigenvalue weighted by atomic mass is 19.1. The Morgan fingerprint density at radius 1 is 1.03 bits per heavy atom. The van der Waals surface area contributed by atoms with Gasteiger partial charge in [0.05, 0.1) is 7.11 Å². The number of halogens is 1. The highest BCUT2D eigenvalue weighted by Crippen LogP contribution is 2.25. The number of ether oxygens (including phenoxy) is 1. The second-order valence-electron chi connectivity index (χ2n) is 7.57. The summed E-state index contributed by atoms with van der Waals surface area (Å²) in [5.74, 6) is -0.104. The number of anilines is 2. The monoisotopic (exact) mass is 433 g/mol. The fourth-order valence-corrected chi connectivity index (χ4v) is 3.70. The number of amides is 3. The Labute approximate surface area is 186 Å². The van der Waals surface area contributed by atoms with Crippen molar-refractivity contribution in [3.05, 3.63) is 89.7 Å². The minimum absolute atomic E-state index is 0.0827. The van der Waals surface area contributed by atoms with Crippen molar-refractivity contribution in [2.45, 2.75) is 13.0 Å². The number of methoxy groups -OCH3 is 1. The lowest BCUT2D eigenvalue weighted by Crippen LogP contribution is -2.49. The van der Waals surface area contributed by atoms with Gasteiger partial charge in [-0.25, -0.2) is 9.18 Å². The van der Waals surface area contributed by atoms with Crippen molar-refractivity contribution in [2.75, 3.05) is 30.4 Å². The molecule has 3 amide bonds. The minimum atomic E-state index is -0.470. The van der Waals surface area contributed by atoms with Gasteiger partial charge < -0.3 is 15.0 Å². The standard InChI is InChI=1S/C25H24FN3O3/c1-32-23-11-9-18(10-12-23)17-28-13-4-14-29(25(28)31)22-8-3-7-21(16-22)27-24(30)19-5-2-6-20(26)15-19/h2-3,5-12,15-16H,4,13-14,17H2,1H3,(H,27,30). The molecule has 0 bridgehead atoms. The van der Waals surface area contributed by atoms with E-state index in [-0.39, 0.29) is 11.6 Å². The zero-order valence-electron chi connectivity index (χ0n) is 17.8. The molecule has 1 heterocycles. The third-order valence-electron chi connectivity index (χ3n) is 5.35. The van der Waals surface area contributed by atoms with Crippen LogP contribution in [0.1, 0.15) is 22.3 Å². The van der Waals surface area contributed by atoms with Crippen molar-refractivity contribution in [1.29, 1.82) is 0 Å². The summed E-state index contributed by atoms with van der Waals surface area (Å²) in [7, 11) is 1.62. The van der Waals surface area contributed by atoms with E-state index in [2.05, 4.69) is 5.32 Å². The van der Waals surface area contributed by atoms with Crippen molar-refractivity contribution in [3.8, 4) is 5.75 Å². The topological polar surface area (TPSA) is 61.9 Å². The summed E-state index contributed by atoms with van der Waals surface area (Å²) >= 11 is 0. The minimum Gasteiger partial charge on any atom is -0.497 e. The lowest BCUT2D eigenvalue weighted by atomic mass is 10.1. The predicted molar refractivity (Wildman–Crippen MR) is 122 cm³/mol. The van der Waals surface area contributed by atoms with Crippen molar-refractivity contribution in [2.24, 2.45) is 0 Å². The number of rotatable bonds is 6. The van der Waals surface area contributed by atoms with Crippen LogP contribution < -0.4 is 15.0 Å². The Balaban J connectivity index is 1.46. The maximum Gasteiger partial charge on any atom is 0.324 e. The number of benzene rings is 3. The molecule has 4 rings (SSSR count). The lowest BCUT2D eigenvalue weighted by molar-refractivity contribution is 0.102. The van der Waals surface area contributed by atoms with Crippen LogP contribution in [-0.4, -0.2) is 37.0 Å². The summed E-state index contributed by atoms with van der Waals surface area (Å²) in [5.41, 5.74) is 2.50. The second-order valence-corrected chi connectivity index (χ2v) is 7.57. The van der Waals surface area contributed by atoms with Crippen molar-refractivity contribution in [1.82, 2.24) is 4.90 Å². The van der Waals surface area contributed by atoms with E-state index < -0.39 is 11.7 Å². The molecule has 0 spiro atoms. The van der Waals surface area contributed by atoms with Crippen LogP contribution in [-0.2, 0) is 6.54 Å². The maximum atomic E-state index is 13.4. The van der Waals surface area contributed by atoms with E-state index in [0.717, 1.165) is 17.7 Å². The molecule has 7 heteroatoms. The van der Waals surface area contributed by atoms with E-state index in [9.17, 15) is 14.0 Å². The highest BCUT2D eigenvalue weighted by molar-refractivity contribution is 6.04. The molecule has 3 aromatic carbocycles. The molecule has 0 radical (unpaired) electrons. The SMILES string of the molecule is COc1ccc(CN2CCCN(c3cccc(NC(=O)c4cccc(F)c4)c3)C2=O)cc1. The third kappa shape index (κ3) is 4.88. The first-order valence-electron chi connectivity index (χ1n) is 10.4. The second kappa shape index (κ2) is 9.51. The molecule has 1 fully saturated rings. The maximum absolute atomic E-state index is 13.4. The quantitative estimate of drug-likeness (QED) is 0.600. The van der Waals surface area contributed by atoms with Crippen LogP contribution in [0.15, 0.2) is 72.8 Å². The van der Waals surface area contributed by atoms with E-state index >= 15 is 0 Å². The van der Waals surface area contributed by atoms with Gasteiger partial charge in [0.2, 0.25) is 0 Å².